The highest BCUT2D eigenvalue weighted by molar-refractivity contribution is 5.76. The molecule has 1 N–H and O–H groups in total. The van der Waals surface area contributed by atoms with Crippen molar-refractivity contribution in [2.24, 2.45) is 0 Å². The van der Waals surface area contributed by atoms with Crippen LogP contribution in [0.4, 0.5) is 0 Å². The maximum Gasteiger partial charge on any atom is 0.365 e. The minimum absolute atomic E-state index is 0.554. The number of rotatable bonds is 11. The second-order valence-corrected chi connectivity index (χ2v) is 6.75. The van der Waals surface area contributed by atoms with E-state index < -0.39 is 11.5 Å². The molecule has 0 heterocycles. The summed E-state index contributed by atoms with van der Waals surface area (Å²) in [6.07, 6.45) is 10.3. The predicted molar refractivity (Wildman–Crippen MR) is 81.3 cm³/mol. The highest BCUT2D eigenvalue weighted by atomic mass is 16.4. The molecule has 0 unspecified atom stereocenters. The van der Waals surface area contributed by atoms with E-state index in [9.17, 15) is 9.90 Å². The number of nitrogens with zero attached hydrogens (tertiary/aromatic N) is 1. The van der Waals surface area contributed by atoms with Gasteiger partial charge in [0.25, 0.3) is 0 Å². The highest BCUT2D eigenvalue weighted by Crippen LogP contribution is 2.22. The third-order valence-corrected chi connectivity index (χ3v) is 4.61. The van der Waals surface area contributed by atoms with Crippen molar-refractivity contribution in [3.63, 3.8) is 0 Å². The number of likely N-dealkylation sites (N-methyl/N-ethyl adjacent to an activating group) is 1. The van der Waals surface area contributed by atoms with Gasteiger partial charge in [0.15, 0.2) is 5.54 Å². The fourth-order valence-corrected chi connectivity index (χ4v) is 2.18. The van der Waals surface area contributed by atoms with E-state index >= 15 is 0 Å². The molecule has 0 radical (unpaired) electrons. The van der Waals surface area contributed by atoms with Crippen LogP contribution in [0.25, 0.3) is 0 Å². The second-order valence-electron chi connectivity index (χ2n) is 6.75. The lowest BCUT2D eigenvalue weighted by Gasteiger charge is -2.41. The van der Waals surface area contributed by atoms with Crippen molar-refractivity contribution in [2.45, 2.75) is 77.7 Å². The number of aliphatic carboxylic acids is 1. The van der Waals surface area contributed by atoms with Crippen molar-refractivity contribution < 1.29 is 14.4 Å². The minimum Gasteiger partial charge on any atom is -0.477 e. The maximum atomic E-state index is 11.3. The number of carboxylic acids is 1. The first-order chi connectivity index (χ1) is 8.75. The molecule has 0 aromatic rings. The molecule has 0 rings (SSSR count). The van der Waals surface area contributed by atoms with E-state index in [-0.39, 0.29) is 0 Å². The van der Waals surface area contributed by atoms with Crippen LogP contribution < -0.4 is 0 Å². The zero-order valence-electron chi connectivity index (χ0n) is 13.7. The Morgan fingerprint density at radius 1 is 0.947 bits per heavy atom. The normalized spacial score (nSPS) is 12.7. The van der Waals surface area contributed by atoms with Crippen LogP contribution in [0, 0.1) is 0 Å². The van der Waals surface area contributed by atoms with Gasteiger partial charge in [-0.1, -0.05) is 45.4 Å². The van der Waals surface area contributed by atoms with Gasteiger partial charge < -0.3 is 9.59 Å². The molecule has 0 saturated carbocycles. The molecular weight excluding hydrogens is 238 g/mol. The summed E-state index contributed by atoms with van der Waals surface area (Å²) in [6, 6.07) is 0. The van der Waals surface area contributed by atoms with E-state index in [4.69, 9.17) is 0 Å². The molecule has 0 bridgehead atoms. The van der Waals surface area contributed by atoms with Crippen LogP contribution in [0.1, 0.15) is 72.1 Å². The van der Waals surface area contributed by atoms with E-state index in [1.165, 1.54) is 44.9 Å². The van der Waals surface area contributed by atoms with E-state index in [2.05, 4.69) is 6.92 Å². The number of quaternary nitrogens is 1. The van der Waals surface area contributed by atoms with Crippen LogP contribution in [0.2, 0.25) is 0 Å². The monoisotopic (exact) mass is 272 g/mol. The van der Waals surface area contributed by atoms with Crippen LogP contribution in [-0.4, -0.2) is 41.7 Å². The molecule has 0 aliphatic carbocycles. The highest BCUT2D eigenvalue weighted by Gasteiger charge is 2.43. The summed E-state index contributed by atoms with van der Waals surface area (Å²) in [4.78, 5) is 11.3. The molecule has 3 heteroatoms. The predicted octanol–water partition coefficient (Wildman–Crippen LogP) is 4.07. The SMILES string of the molecule is CCCCCCCCCC[N+](C)(C)C(C)(C)C(=O)O. The van der Waals surface area contributed by atoms with E-state index in [0.717, 1.165) is 13.0 Å². The number of carbonyl (C=O) groups is 1. The lowest BCUT2D eigenvalue weighted by Crippen LogP contribution is -2.60. The molecule has 0 aliphatic heterocycles. The Hall–Kier alpha value is -0.570. The molecule has 114 valence electrons. The van der Waals surface area contributed by atoms with Gasteiger partial charge in [-0.15, -0.1) is 0 Å². The Labute approximate surface area is 119 Å². The zero-order valence-corrected chi connectivity index (χ0v) is 13.7. The van der Waals surface area contributed by atoms with Crippen LogP contribution in [0.5, 0.6) is 0 Å². The van der Waals surface area contributed by atoms with Gasteiger partial charge in [-0.05, 0) is 12.8 Å². The Morgan fingerprint density at radius 2 is 1.37 bits per heavy atom. The van der Waals surface area contributed by atoms with Crippen LogP contribution >= 0.6 is 0 Å². The molecule has 0 aromatic heterocycles. The van der Waals surface area contributed by atoms with Gasteiger partial charge >= 0.3 is 5.97 Å². The molecule has 0 spiro atoms. The van der Waals surface area contributed by atoms with Gasteiger partial charge in [-0.2, -0.15) is 0 Å². The summed E-state index contributed by atoms with van der Waals surface area (Å²) < 4.78 is 0.554. The van der Waals surface area contributed by atoms with E-state index in [0.29, 0.717) is 4.48 Å². The van der Waals surface area contributed by atoms with Gasteiger partial charge in [-0.25, -0.2) is 4.79 Å². The second kappa shape index (κ2) is 8.57. The first kappa shape index (κ1) is 18.4. The average molecular weight is 272 g/mol. The van der Waals surface area contributed by atoms with Crippen LogP contribution in [0.3, 0.4) is 0 Å². The zero-order chi connectivity index (χ0) is 14.9. The Balaban J connectivity index is 3.79. The molecule has 0 saturated heterocycles. The minimum atomic E-state index is -0.711. The molecule has 0 fully saturated rings. The van der Waals surface area contributed by atoms with Crippen molar-refractivity contribution in [3.8, 4) is 0 Å². The number of unbranched alkanes of at least 4 members (excludes halogenated alkanes) is 7. The van der Waals surface area contributed by atoms with E-state index in [1.54, 1.807) is 0 Å². The largest absolute Gasteiger partial charge is 0.477 e. The number of hydrogen-bond donors (Lipinski definition) is 1. The molecule has 3 nitrogen and oxygen atoms in total. The lowest BCUT2D eigenvalue weighted by atomic mass is 9.99. The van der Waals surface area contributed by atoms with Crippen molar-refractivity contribution in [2.75, 3.05) is 20.6 Å². The molecule has 0 amide bonds. The van der Waals surface area contributed by atoms with Crippen molar-refractivity contribution in [1.82, 2.24) is 0 Å². The van der Waals surface area contributed by atoms with Gasteiger partial charge in [0.1, 0.15) is 0 Å². The van der Waals surface area contributed by atoms with Gasteiger partial charge in [0.2, 0.25) is 0 Å². The Kier molecular flexibility index (Phi) is 8.31. The topological polar surface area (TPSA) is 37.3 Å². The quantitative estimate of drug-likeness (QED) is 0.455. The van der Waals surface area contributed by atoms with E-state index in [1.807, 2.05) is 27.9 Å². The molecule has 0 atom stereocenters. The Bertz CT molecular complexity index is 259. The van der Waals surface area contributed by atoms with Crippen molar-refractivity contribution in [3.05, 3.63) is 0 Å². The average Bonchev–Trinajstić information content (AvgIpc) is 2.32. The van der Waals surface area contributed by atoms with Crippen molar-refractivity contribution in [1.29, 1.82) is 0 Å². The van der Waals surface area contributed by atoms with Gasteiger partial charge in [-0.3, -0.25) is 0 Å². The summed E-state index contributed by atoms with van der Waals surface area (Å²) in [7, 11) is 4.05. The first-order valence-electron chi connectivity index (χ1n) is 7.82. The smallest absolute Gasteiger partial charge is 0.365 e. The fourth-order valence-electron chi connectivity index (χ4n) is 2.18. The third kappa shape index (κ3) is 6.42. The summed E-state index contributed by atoms with van der Waals surface area (Å²) in [5, 5.41) is 9.28. The van der Waals surface area contributed by atoms with Gasteiger partial charge in [0, 0.05) is 13.8 Å². The lowest BCUT2D eigenvalue weighted by molar-refractivity contribution is -0.928. The third-order valence-electron chi connectivity index (χ3n) is 4.61. The molecular formula is C16H34NO2+. The molecule has 0 aliphatic rings. The molecule has 19 heavy (non-hydrogen) atoms. The maximum absolute atomic E-state index is 11.3. The first-order valence-corrected chi connectivity index (χ1v) is 7.82. The Morgan fingerprint density at radius 3 is 1.79 bits per heavy atom. The summed E-state index contributed by atoms with van der Waals surface area (Å²) in [6.45, 7) is 6.82. The van der Waals surface area contributed by atoms with Gasteiger partial charge in [0.05, 0.1) is 20.6 Å². The standard InChI is InChI=1S/C16H33NO2/c1-6-7-8-9-10-11-12-13-14-17(4,5)16(2,3)15(18)19/h6-14H2,1-5H3/p+1. The summed E-state index contributed by atoms with van der Waals surface area (Å²) in [5.74, 6) is -0.711. The van der Waals surface area contributed by atoms with Crippen molar-refractivity contribution >= 4 is 5.97 Å². The molecule has 0 aromatic carbocycles. The number of carboxylic acid groups (broad SMARTS) is 1. The summed E-state index contributed by atoms with van der Waals surface area (Å²) in [5.41, 5.74) is -0.707. The fraction of sp³-hybridized carbons (Fsp3) is 0.938. The summed E-state index contributed by atoms with van der Waals surface area (Å²) >= 11 is 0. The van der Waals surface area contributed by atoms with Crippen LogP contribution in [-0.2, 0) is 4.79 Å². The number of hydrogen-bond acceptors (Lipinski definition) is 1. The van der Waals surface area contributed by atoms with Crippen LogP contribution in [0.15, 0.2) is 0 Å².